The van der Waals surface area contributed by atoms with Crippen molar-refractivity contribution in [3.8, 4) is 5.75 Å². The van der Waals surface area contributed by atoms with Crippen molar-refractivity contribution in [2.75, 3.05) is 18.6 Å². The van der Waals surface area contributed by atoms with Crippen molar-refractivity contribution in [2.45, 2.75) is 6.92 Å². The number of amides is 1. The van der Waals surface area contributed by atoms with Gasteiger partial charge in [0.2, 0.25) is 0 Å². The standard InChI is InChI=1S/C16H16N2O4.ClH/c1-3-18(15(19)11-7-9-17-10-8-11)13-6-4-5-12(16(20)21)14(13)22-2;/h4-10H,3H2,1-2H3,(H,20,21);1H. The molecule has 0 unspecified atom stereocenters. The van der Waals surface area contributed by atoms with Crippen LogP contribution in [0.25, 0.3) is 0 Å². The van der Waals surface area contributed by atoms with Gasteiger partial charge in [0, 0.05) is 24.5 Å². The maximum Gasteiger partial charge on any atom is 0.339 e. The van der Waals surface area contributed by atoms with Gasteiger partial charge in [0.1, 0.15) is 5.56 Å². The van der Waals surface area contributed by atoms with Crippen LogP contribution in [0, 0.1) is 0 Å². The van der Waals surface area contributed by atoms with Crippen molar-refractivity contribution in [1.82, 2.24) is 4.98 Å². The molecule has 122 valence electrons. The van der Waals surface area contributed by atoms with E-state index < -0.39 is 5.97 Å². The number of rotatable bonds is 5. The molecule has 0 bridgehead atoms. The zero-order valence-electron chi connectivity index (χ0n) is 12.7. The van der Waals surface area contributed by atoms with Crippen LogP contribution in [0.2, 0.25) is 0 Å². The van der Waals surface area contributed by atoms with E-state index >= 15 is 0 Å². The Morgan fingerprint density at radius 3 is 2.39 bits per heavy atom. The number of ether oxygens (including phenoxy) is 1. The Hall–Kier alpha value is -2.60. The van der Waals surface area contributed by atoms with E-state index in [1.54, 1.807) is 24.3 Å². The molecule has 1 heterocycles. The molecule has 0 aliphatic rings. The fourth-order valence-corrected chi connectivity index (χ4v) is 2.19. The van der Waals surface area contributed by atoms with Crippen LogP contribution in [0.4, 0.5) is 5.69 Å². The molecule has 1 N–H and O–H groups in total. The molecule has 0 radical (unpaired) electrons. The van der Waals surface area contributed by atoms with E-state index in [2.05, 4.69) is 4.98 Å². The van der Waals surface area contributed by atoms with E-state index in [4.69, 9.17) is 4.74 Å². The minimum Gasteiger partial charge on any atom is -0.494 e. The van der Waals surface area contributed by atoms with Crippen LogP contribution in [0.3, 0.4) is 0 Å². The molecule has 1 aromatic heterocycles. The molecule has 1 amide bonds. The lowest BCUT2D eigenvalue weighted by Crippen LogP contribution is -2.31. The van der Waals surface area contributed by atoms with E-state index in [-0.39, 0.29) is 29.6 Å². The van der Waals surface area contributed by atoms with Crippen LogP contribution < -0.4 is 9.64 Å². The summed E-state index contributed by atoms with van der Waals surface area (Å²) in [5.74, 6) is -1.18. The first-order chi connectivity index (χ1) is 10.6. The van der Waals surface area contributed by atoms with Gasteiger partial charge in [-0.2, -0.15) is 0 Å². The van der Waals surface area contributed by atoms with Crippen molar-refractivity contribution < 1.29 is 19.4 Å². The zero-order chi connectivity index (χ0) is 16.1. The van der Waals surface area contributed by atoms with Gasteiger partial charge in [0.05, 0.1) is 12.8 Å². The summed E-state index contributed by atoms with van der Waals surface area (Å²) in [6.45, 7) is 2.19. The number of pyridine rings is 1. The Morgan fingerprint density at radius 1 is 1.22 bits per heavy atom. The second-order valence-electron chi connectivity index (χ2n) is 4.45. The molecule has 0 aliphatic carbocycles. The SMILES string of the molecule is CCN(C(=O)c1ccncc1)c1cccc(C(=O)O)c1OC.Cl. The van der Waals surface area contributed by atoms with E-state index in [1.807, 2.05) is 6.92 Å². The Labute approximate surface area is 140 Å². The highest BCUT2D eigenvalue weighted by Gasteiger charge is 2.23. The first-order valence-electron chi connectivity index (χ1n) is 6.72. The van der Waals surface area contributed by atoms with Gasteiger partial charge in [0.15, 0.2) is 5.75 Å². The number of para-hydroxylation sites is 1. The van der Waals surface area contributed by atoms with E-state index in [1.165, 1.54) is 30.5 Å². The number of aromatic carboxylic acids is 1. The molecule has 1 aromatic carbocycles. The van der Waals surface area contributed by atoms with Gasteiger partial charge in [-0.1, -0.05) is 6.07 Å². The summed E-state index contributed by atoms with van der Waals surface area (Å²) in [5.41, 5.74) is 0.910. The minimum atomic E-state index is -1.11. The van der Waals surface area contributed by atoms with Gasteiger partial charge >= 0.3 is 5.97 Å². The summed E-state index contributed by atoms with van der Waals surface area (Å²) in [6.07, 6.45) is 3.07. The largest absolute Gasteiger partial charge is 0.494 e. The third-order valence-corrected chi connectivity index (χ3v) is 3.21. The second-order valence-corrected chi connectivity index (χ2v) is 4.45. The molecule has 23 heavy (non-hydrogen) atoms. The molecule has 0 spiro atoms. The predicted molar refractivity (Wildman–Crippen MR) is 88.8 cm³/mol. The highest BCUT2D eigenvalue weighted by atomic mass is 35.5. The molecule has 0 fully saturated rings. The van der Waals surface area contributed by atoms with Crippen molar-refractivity contribution >= 4 is 30.0 Å². The molecule has 6 nitrogen and oxygen atoms in total. The average molecular weight is 337 g/mol. The summed E-state index contributed by atoms with van der Waals surface area (Å²) >= 11 is 0. The molecule has 0 aliphatic heterocycles. The van der Waals surface area contributed by atoms with E-state index in [9.17, 15) is 14.7 Å². The number of halogens is 1. The third-order valence-electron chi connectivity index (χ3n) is 3.21. The lowest BCUT2D eigenvalue weighted by molar-refractivity contribution is 0.0692. The van der Waals surface area contributed by atoms with Gasteiger partial charge in [-0.3, -0.25) is 9.78 Å². The van der Waals surface area contributed by atoms with Gasteiger partial charge < -0.3 is 14.7 Å². The number of nitrogens with zero attached hydrogens (tertiary/aromatic N) is 2. The first-order valence-corrected chi connectivity index (χ1v) is 6.72. The summed E-state index contributed by atoms with van der Waals surface area (Å²) < 4.78 is 5.22. The number of methoxy groups -OCH3 is 1. The second kappa shape index (κ2) is 8.14. The van der Waals surface area contributed by atoms with Crippen LogP contribution >= 0.6 is 12.4 Å². The van der Waals surface area contributed by atoms with Crippen LogP contribution in [-0.2, 0) is 0 Å². The number of carboxylic acid groups (broad SMARTS) is 1. The van der Waals surface area contributed by atoms with Crippen molar-refractivity contribution in [3.05, 3.63) is 53.9 Å². The average Bonchev–Trinajstić information content (AvgIpc) is 2.55. The molecule has 0 saturated heterocycles. The van der Waals surface area contributed by atoms with Gasteiger partial charge in [-0.05, 0) is 31.2 Å². The minimum absolute atomic E-state index is 0. The Balaban J connectivity index is 0.00000264. The molecule has 2 aromatic rings. The topological polar surface area (TPSA) is 79.7 Å². The fraction of sp³-hybridized carbons (Fsp3) is 0.188. The summed E-state index contributed by atoms with van der Waals surface area (Å²) in [5, 5.41) is 9.24. The monoisotopic (exact) mass is 336 g/mol. The molecule has 7 heteroatoms. The molecule has 0 saturated carbocycles. The van der Waals surface area contributed by atoms with E-state index in [0.717, 1.165) is 0 Å². The number of aromatic nitrogens is 1. The van der Waals surface area contributed by atoms with Crippen molar-refractivity contribution in [3.63, 3.8) is 0 Å². The van der Waals surface area contributed by atoms with Crippen LogP contribution in [0.15, 0.2) is 42.7 Å². The normalized spacial score (nSPS) is 9.65. The summed E-state index contributed by atoms with van der Waals surface area (Å²) in [7, 11) is 1.38. The van der Waals surface area contributed by atoms with Crippen LogP contribution in [0.1, 0.15) is 27.6 Å². The maximum absolute atomic E-state index is 12.6. The number of anilines is 1. The number of carbonyl (C=O) groups excluding carboxylic acids is 1. The highest BCUT2D eigenvalue weighted by molar-refractivity contribution is 6.08. The maximum atomic E-state index is 12.6. The highest BCUT2D eigenvalue weighted by Crippen LogP contribution is 2.32. The zero-order valence-corrected chi connectivity index (χ0v) is 13.5. The smallest absolute Gasteiger partial charge is 0.339 e. The molecular formula is C16H17ClN2O4. The number of carbonyl (C=O) groups is 2. The van der Waals surface area contributed by atoms with Crippen molar-refractivity contribution in [2.24, 2.45) is 0 Å². The number of hydrogen-bond donors (Lipinski definition) is 1. The van der Waals surface area contributed by atoms with Gasteiger partial charge in [0.25, 0.3) is 5.91 Å². The third kappa shape index (κ3) is 3.78. The lowest BCUT2D eigenvalue weighted by Gasteiger charge is -2.24. The van der Waals surface area contributed by atoms with Gasteiger partial charge in [-0.15, -0.1) is 12.4 Å². The van der Waals surface area contributed by atoms with Crippen molar-refractivity contribution in [1.29, 1.82) is 0 Å². The van der Waals surface area contributed by atoms with Gasteiger partial charge in [-0.25, -0.2) is 4.79 Å². The number of carboxylic acids is 1. The Bertz CT molecular complexity index is 692. The number of benzene rings is 1. The van der Waals surface area contributed by atoms with Crippen LogP contribution in [-0.4, -0.2) is 35.6 Å². The lowest BCUT2D eigenvalue weighted by atomic mass is 10.1. The first kappa shape index (κ1) is 18.4. The summed E-state index contributed by atoms with van der Waals surface area (Å²) in [4.78, 5) is 29.3. The quantitative estimate of drug-likeness (QED) is 0.908. The molecule has 2 rings (SSSR count). The summed E-state index contributed by atoms with van der Waals surface area (Å²) in [6, 6.07) is 7.91. The fourth-order valence-electron chi connectivity index (χ4n) is 2.19. The molecular weight excluding hydrogens is 320 g/mol. The number of hydrogen-bond acceptors (Lipinski definition) is 4. The van der Waals surface area contributed by atoms with E-state index in [0.29, 0.717) is 17.8 Å². The Kier molecular flexibility index (Phi) is 6.53. The predicted octanol–water partition coefficient (Wildman–Crippen LogP) is 2.88. The molecule has 0 atom stereocenters. The van der Waals surface area contributed by atoms with Crippen LogP contribution in [0.5, 0.6) is 5.75 Å². The Morgan fingerprint density at radius 2 is 1.87 bits per heavy atom.